The SMILES string of the molecule is CCCCCCCCCCCCC(CCCCCCCCCC)CN1C(=O)C(c2ccc(-c3ccc(C(C)(C)C)cc3)s2)=c2ccc3c4c(ccc3c21)=C(c1ccc(C(C)(C)C)s1)C(=O)N4CC(CCCCCCCCCC)CCCCCCCCCCCC. The van der Waals surface area contributed by atoms with E-state index in [2.05, 4.69) is 152 Å². The van der Waals surface area contributed by atoms with Crippen LogP contribution in [0.5, 0.6) is 0 Å². The van der Waals surface area contributed by atoms with Crippen LogP contribution in [-0.4, -0.2) is 24.9 Å². The monoisotopic (exact) mass is 1260 g/mol. The van der Waals surface area contributed by atoms with Crippen LogP contribution in [0, 0.1) is 11.8 Å². The molecule has 2 aromatic heterocycles. The van der Waals surface area contributed by atoms with Gasteiger partial charge in [0.2, 0.25) is 0 Å². The van der Waals surface area contributed by atoms with E-state index in [0.29, 0.717) is 11.8 Å². The van der Waals surface area contributed by atoms with E-state index in [9.17, 15) is 0 Å². The quantitative estimate of drug-likeness (QED) is 0.0364. The van der Waals surface area contributed by atoms with Crippen LogP contribution in [0.2, 0.25) is 0 Å². The average molecular weight is 1260 g/mol. The number of carbonyl (C=O) groups is 2. The van der Waals surface area contributed by atoms with Crippen molar-refractivity contribution in [2.24, 2.45) is 11.8 Å². The molecule has 0 radical (unpaired) electrons. The summed E-state index contributed by atoms with van der Waals surface area (Å²) in [5, 5.41) is 4.35. The van der Waals surface area contributed by atoms with E-state index in [0.717, 1.165) is 92.3 Å². The minimum absolute atomic E-state index is 0.0161. The third kappa shape index (κ3) is 22.0. The Hall–Kier alpha value is -4.00. The van der Waals surface area contributed by atoms with Gasteiger partial charge < -0.3 is 9.80 Å². The summed E-state index contributed by atoms with van der Waals surface area (Å²) in [5.74, 6) is 1.14. The molecule has 2 atom stereocenters. The van der Waals surface area contributed by atoms with Crippen molar-refractivity contribution < 1.29 is 9.59 Å². The maximum Gasteiger partial charge on any atom is 0.260 e. The summed E-state index contributed by atoms with van der Waals surface area (Å²) in [4.78, 5) is 41.0. The van der Waals surface area contributed by atoms with E-state index >= 15 is 9.59 Å². The molecule has 2 unspecified atom stereocenters. The summed E-state index contributed by atoms with van der Waals surface area (Å²) in [7, 11) is 0. The molecule has 0 saturated heterocycles. The van der Waals surface area contributed by atoms with Crippen molar-refractivity contribution in [2.45, 2.75) is 337 Å². The minimum Gasteiger partial charge on any atom is -0.307 e. The van der Waals surface area contributed by atoms with E-state index in [4.69, 9.17) is 0 Å². The zero-order chi connectivity index (χ0) is 64.1. The second-order valence-corrected chi connectivity index (χ2v) is 32.4. The van der Waals surface area contributed by atoms with Crippen LogP contribution in [0.3, 0.4) is 0 Å². The topological polar surface area (TPSA) is 40.6 Å². The van der Waals surface area contributed by atoms with Gasteiger partial charge in [0.15, 0.2) is 0 Å². The Bertz CT molecular complexity index is 3010. The molecule has 2 amide bonds. The van der Waals surface area contributed by atoms with E-state index in [1.165, 1.54) is 252 Å². The molecular weight excluding hydrogens is 1130 g/mol. The van der Waals surface area contributed by atoms with Gasteiger partial charge >= 0.3 is 0 Å². The van der Waals surface area contributed by atoms with Gasteiger partial charge in [-0.3, -0.25) is 9.59 Å². The highest BCUT2D eigenvalue weighted by Gasteiger charge is 2.38. The number of amides is 2. The summed E-state index contributed by atoms with van der Waals surface area (Å²) in [5.41, 5.74) is 6.43. The highest BCUT2D eigenvalue weighted by Crippen LogP contribution is 2.43. The van der Waals surface area contributed by atoms with E-state index < -0.39 is 0 Å². The molecule has 0 aliphatic carbocycles. The van der Waals surface area contributed by atoms with Crippen LogP contribution in [0.4, 0.5) is 11.4 Å². The Balaban J connectivity index is 1.28. The fourth-order valence-corrected chi connectivity index (χ4v) is 16.8. The number of rotatable bonds is 47. The van der Waals surface area contributed by atoms with Gasteiger partial charge in [-0.15, -0.1) is 22.7 Å². The van der Waals surface area contributed by atoms with Crippen LogP contribution in [0.25, 0.3) is 32.4 Å². The van der Waals surface area contributed by atoms with E-state index in [1.807, 2.05) is 0 Å². The lowest BCUT2D eigenvalue weighted by Crippen LogP contribution is -2.34. The van der Waals surface area contributed by atoms with Crippen LogP contribution in [-0.2, 0) is 20.4 Å². The van der Waals surface area contributed by atoms with Gasteiger partial charge in [0.25, 0.3) is 11.8 Å². The van der Waals surface area contributed by atoms with Crippen molar-refractivity contribution in [3.8, 4) is 10.4 Å². The average Bonchev–Trinajstić information content (AvgIpc) is 1.55. The lowest BCUT2D eigenvalue weighted by Gasteiger charge is -2.28. The Morgan fingerprint density at radius 2 is 0.644 bits per heavy atom. The predicted octanol–water partition coefficient (Wildman–Crippen LogP) is 25.2. The number of thiophene rings is 2. The van der Waals surface area contributed by atoms with Gasteiger partial charge in [-0.25, -0.2) is 0 Å². The second kappa shape index (κ2) is 39.0. The smallest absolute Gasteiger partial charge is 0.260 e. The van der Waals surface area contributed by atoms with Gasteiger partial charge in [0, 0.05) is 53.8 Å². The number of nitrogens with zero attached hydrogens (tertiary/aromatic N) is 2. The first-order chi connectivity index (χ1) is 43.7. The van der Waals surface area contributed by atoms with Crippen LogP contribution < -0.4 is 20.2 Å². The fourth-order valence-electron chi connectivity index (χ4n) is 14.7. The van der Waals surface area contributed by atoms with Crippen molar-refractivity contribution in [1.29, 1.82) is 0 Å². The maximum atomic E-state index is 16.0. The zero-order valence-electron chi connectivity index (χ0n) is 59.3. The lowest BCUT2D eigenvalue weighted by molar-refractivity contribution is -0.114. The maximum absolute atomic E-state index is 16.0. The number of fused-ring (bicyclic) bond motifs is 5. The Morgan fingerprint density at radius 3 is 0.967 bits per heavy atom. The van der Waals surface area contributed by atoms with Crippen molar-refractivity contribution in [3.05, 3.63) is 103 Å². The Kier molecular flexibility index (Phi) is 31.8. The second-order valence-electron chi connectivity index (χ2n) is 30.2. The molecule has 498 valence electrons. The summed E-state index contributed by atoms with van der Waals surface area (Å²) < 4.78 is 0. The van der Waals surface area contributed by atoms with Crippen molar-refractivity contribution in [3.63, 3.8) is 0 Å². The largest absolute Gasteiger partial charge is 0.307 e. The minimum atomic E-state index is -0.0161. The first kappa shape index (κ1) is 73.4. The molecule has 0 fully saturated rings. The van der Waals surface area contributed by atoms with Crippen LogP contribution >= 0.6 is 22.7 Å². The lowest BCUT2D eigenvalue weighted by atomic mass is 9.86. The van der Waals surface area contributed by atoms with Gasteiger partial charge in [0.1, 0.15) is 0 Å². The molecule has 4 nitrogen and oxygen atoms in total. The molecular formula is C84H128N2O2S2. The molecule has 0 saturated carbocycles. The summed E-state index contributed by atoms with van der Waals surface area (Å²) in [6.07, 6.45) is 52.3. The molecule has 5 aromatic rings. The van der Waals surface area contributed by atoms with Crippen LogP contribution in [0.1, 0.15) is 346 Å². The molecule has 0 bridgehead atoms. The van der Waals surface area contributed by atoms with Crippen molar-refractivity contribution >= 4 is 67.8 Å². The zero-order valence-corrected chi connectivity index (χ0v) is 60.9. The molecule has 3 aromatic carbocycles. The number of carbonyl (C=O) groups excluding carboxylic acids is 2. The van der Waals surface area contributed by atoms with Gasteiger partial charge in [-0.1, -0.05) is 349 Å². The molecule has 90 heavy (non-hydrogen) atoms. The fraction of sp³-hybridized carbons (Fsp3) is 0.667. The first-order valence-corrected chi connectivity index (χ1v) is 39.6. The molecule has 2 aliphatic rings. The number of anilines is 2. The van der Waals surface area contributed by atoms with Crippen LogP contribution in [0.15, 0.2) is 72.8 Å². The van der Waals surface area contributed by atoms with Crippen molar-refractivity contribution in [2.75, 3.05) is 22.9 Å². The summed E-state index contributed by atoms with van der Waals surface area (Å²) >= 11 is 3.56. The predicted molar refractivity (Wildman–Crippen MR) is 399 cm³/mol. The molecule has 0 N–H and O–H groups in total. The van der Waals surface area contributed by atoms with Gasteiger partial charge in [-0.05, 0) is 83.7 Å². The first-order valence-electron chi connectivity index (χ1n) is 38.0. The molecule has 4 heterocycles. The van der Waals surface area contributed by atoms with Gasteiger partial charge in [0.05, 0.1) is 22.5 Å². The van der Waals surface area contributed by atoms with Crippen molar-refractivity contribution in [1.82, 2.24) is 0 Å². The number of benzene rings is 3. The standard InChI is InChI=1S/C84H128N2O2S2/c1-11-15-19-23-27-31-33-37-41-45-49-65(47-43-39-35-29-25-21-17-13-3)63-85-79-69-56-58-72-78(75-61-62-76(90-75)84(8,9)10)82(88)86(64-66(48-44-40-36-30-26-22-18-14-4)50-46-42-38-34-32-28-24-20-16-12-2)80(72)70(69)55-57-71(79)77(81(85)87)74-60-59-73(89-74)67-51-53-68(54-52-67)83(5,6)7/h51-62,65-66H,11-50,63-64H2,1-10H3. The Morgan fingerprint density at radius 1 is 0.333 bits per heavy atom. The molecule has 2 aliphatic heterocycles. The summed E-state index contributed by atoms with van der Waals surface area (Å²) in [6.45, 7) is 24.4. The number of hydrogen-bond donors (Lipinski definition) is 0. The molecule has 6 heteroatoms. The third-order valence-corrected chi connectivity index (χ3v) is 23.0. The molecule has 7 rings (SSSR count). The van der Waals surface area contributed by atoms with E-state index in [-0.39, 0.29) is 22.6 Å². The highest BCUT2D eigenvalue weighted by molar-refractivity contribution is 7.17. The third-order valence-electron chi connectivity index (χ3n) is 20.4. The normalized spacial score (nSPS) is 14.3. The van der Waals surface area contributed by atoms with Gasteiger partial charge in [-0.2, -0.15) is 0 Å². The number of hydrogen-bond acceptors (Lipinski definition) is 4. The Labute approximate surface area is 559 Å². The summed E-state index contributed by atoms with van der Waals surface area (Å²) in [6, 6.07) is 27.3. The molecule has 0 spiro atoms. The van der Waals surface area contributed by atoms with E-state index in [1.54, 1.807) is 22.7 Å². The number of unbranched alkanes of at least 4 members (excludes halogenated alkanes) is 32. The highest BCUT2D eigenvalue weighted by atomic mass is 32.1.